The summed E-state index contributed by atoms with van der Waals surface area (Å²) in [5.74, 6) is 5.43. The lowest BCUT2D eigenvalue weighted by molar-refractivity contribution is 0.166. The molecule has 0 fully saturated rings. The second-order valence-corrected chi connectivity index (χ2v) is 5.26. The number of aliphatic hydroxyl groups excluding tert-OH is 2. The molecule has 0 spiro atoms. The van der Waals surface area contributed by atoms with Crippen LogP contribution in [0.15, 0.2) is 18.4 Å². The molecule has 114 valence electrons. The number of hydrogen-bond donors (Lipinski definition) is 2. The summed E-state index contributed by atoms with van der Waals surface area (Å²) < 4.78 is 0. The van der Waals surface area contributed by atoms with Gasteiger partial charge in [-0.15, -0.1) is 5.73 Å². The van der Waals surface area contributed by atoms with E-state index in [-0.39, 0.29) is 6.10 Å². The monoisotopic (exact) mass is 278 g/mol. The summed E-state index contributed by atoms with van der Waals surface area (Å²) in [4.78, 5) is 0. The largest absolute Gasteiger partial charge is 0.392 e. The fourth-order valence-electron chi connectivity index (χ4n) is 2.05. The van der Waals surface area contributed by atoms with Gasteiger partial charge in [0.1, 0.15) is 6.10 Å². The van der Waals surface area contributed by atoms with Crippen LogP contribution in [-0.4, -0.2) is 22.4 Å². The highest BCUT2D eigenvalue weighted by molar-refractivity contribution is 5.11. The van der Waals surface area contributed by atoms with Crippen molar-refractivity contribution in [3.63, 3.8) is 0 Å². The smallest absolute Gasteiger partial charge is 0.140 e. The fourth-order valence-corrected chi connectivity index (χ4v) is 2.05. The van der Waals surface area contributed by atoms with Crippen LogP contribution in [0.3, 0.4) is 0 Å². The van der Waals surface area contributed by atoms with Gasteiger partial charge < -0.3 is 10.2 Å². The minimum Gasteiger partial charge on any atom is -0.392 e. The van der Waals surface area contributed by atoms with E-state index >= 15 is 0 Å². The molecule has 0 saturated carbocycles. The van der Waals surface area contributed by atoms with Gasteiger partial charge in [-0.3, -0.25) is 0 Å². The van der Waals surface area contributed by atoms with Gasteiger partial charge in [-0.1, -0.05) is 76.7 Å². The Morgan fingerprint density at radius 3 is 2.20 bits per heavy atom. The Hall–Kier alpha value is -1.00. The summed E-state index contributed by atoms with van der Waals surface area (Å²) in [6.45, 7) is 5.60. The molecule has 0 aromatic rings. The third kappa shape index (κ3) is 13.4. The first-order valence-electron chi connectivity index (χ1n) is 7.91. The maximum Gasteiger partial charge on any atom is 0.140 e. The zero-order valence-corrected chi connectivity index (χ0v) is 12.9. The molecule has 0 aliphatic rings. The van der Waals surface area contributed by atoms with Crippen LogP contribution in [0.1, 0.15) is 71.1 Å². The van der Waals surface area contributed by atoms with Crippen molar-refractivity contribution in [3.05, 3.63) is 18.4 Å². The van der Waals surface area contributed by atoms with E-state index < -0.39 is 6.10 Å². The second kappa shape index (κ2) is 14.4. The minimum atomic E-state index is -0.817. The lowest BCUT2D eigenvalue weighted by Crippen LogP contribution is -2.05. The van der Waals surface area contributed by atoms with Gasteiger partial charge >= 0.3 is 0 Å². The molecule has 0 rings (SSSR count). The van der Waals surface area contributed by atoms with Crippen LogP contribution in [0.5, 0.6) is 0 Å². The molecule has 2 nitrogen and oxygen atoms in total. The molecule has 20 heavy (non-hydrogen) atoms. The molecule has 0 saturated heterocycles. The van der Waals surface area contributed by atoms with Gasteiger partial charge in [0.05, 0.1) is 6.10 Å². The summed E-state index contributed by atoms with van der Waals surface area (Å²) in [5.41, 5.74) is 2.48. The predicted octanol–water partition coefficient (Wildman–Crippen LogP) is 3.97. The third-order valence-electron chi connectivity index (χ3n) is 3.25. The maximum atomic E-state index is 9.74. The van der Waals surface area contributed by atoms with Crippen molar-refractivity contribution in [2.45, 2.75) is 83.3 Å². The van der Waals surface area contributed by atoms with Crippen LogP contribution in [-0.2, 0) is 0 Å². The molecule has 0 aliphatic carbocycles. The summed E-state index contributed by atoms with van der Waals surface area (Å²) in [5, 5.41) is 19.0. The van der Waals surface area contributed by atoms with Crippen molar-refractivity contribution in [2.75, 3.05) is 0 Å². The topological polar surface area (TPSA) is 40.5 Å². The van der Waals surface area contributed by atoms with Crippen molar-refractivity contribution >= 4 is 0 Å². The van der Waals surface area contributed by atoms with E-state index in [0.717, 1.165) is 12.8 Å². The molecule has 0 aromatic heterocycles. The fraction of sp³-hybridized carbons (Fsp3) is 0.722. The standard InChI is InChI=1S/C18H30O2/c1-3-5-6-7-8-9-10-11-14-18(20)16-12-15-17(19)13-4-2/h13,17-20H,2-3,5-11,14,16H2,1H3. The normalized spacial score (nSPS) is 12.9. The van der Waals surface area contributed by atoms with E-state index in [1.165, 1.54) is 51.0 Å². The number of aliphatic hydroxyl groups is 2. The highest BCUT2D eigenvalue weighted by Crippen LogP contribution is 2.11. The Morgan fingerprint density at radius 2 is 1.60 bits per heavy atom. The van der Waals surface area contributed by atoms with E-state index in [9.17, 15) is 10.2 Å². The Kier molecular flexibility index (Phi) is 13.7. The molecule has 0 bridgehead atoms. The third-order valence-corrected chi connectivity index (χ3v) is 3.25. The van der Waals surface area contributed by atoms with E-state index in [0.29, 0.717) is 6.42 Å². The van der Waals surface area contributed by atoms with E-state index in [4.69, 9.17) is 0 Å². The van der Waals surface area contributed by atoms with Crippen molar-refractivity contribution in [1.82, 2.24) is 0 Å². The average Bonchev–Trinajstić information content (AvgIpc) is 2.42. The Balaban J connectivity index is 3.45. The zero-order chi connectivity index (χ0) is 15.1. The van der Waals surface area contributed by atoms with E-state index in [1.54, 1.807) is 0 Å². The molecule has 0 aromatic carbocycles. The average molecular weight is 278 g/mol. The number of hydrogen-bond acceptors (Lipinski definition) is 2. The minimum absolute atomic E-state index is 0.373. The first-order valence-corrected chi connectivity index (χ1v) is 7.91. The van der Waals surface area contributed by atoms with Crippen LogP contribution in [0.25, 0.3) is 0 Å². The van der Waals surface area contributed by atoms with Gasteiger partial charge in [-0.2, -0.15) is 0 Å². The highest BCUT2D eigenvalue weighted by atomic mass is 16.3. The van der Waals surface area contributed by atoms with Gasteiger partial charge in [0.25, 0.3) is 0 Å². The van der Waals surface area contributed by atoms with E-state index in [1.807, 2.05) is 0 Å². The summed E-state index contributed by atoms with van der Waals surface area (Å²) in [6, 6.07) is 0. The van der Waals surface area contributed by atoms with Crippen LogP contribution < -0.4 is 0 Å². The number of unbranched alkanes of at least 4 members (excludes halogenated alkanes) is 7. The lowest BCUT2D eigenvalue weighted by atomic mass is 10.0. The SMILES string of the molecule is C=C=CC(O)C#CCC(O)CCCCCCCCCC. The summed E-state index contributed by atoms with van der Waals surface area (Å²) in [7, 11) is 0. The lowest BCUT2D eigenvalue weighted by Gasteiger charge is -2.06. The van der Waals surface area contributed by atoms with Gasteiger partial charge in [0.2, 0.25) is 0 Å². The Bertz CT molecular complexity index is 318. The summed E-state index contributed by atoms with van der Waals surface area (Å²) >= 11 is 0. The Labute approximate surface area is 124 Å². The van der Waals surface area contributed by atoms with Crippen molar-refractivity contribution in [2.24, 2.45) is 0 Å². The molecule has 0 amide bonds. The van der Waals surface area contributed by atoms with Crippen molar-refractivity contribution in [3.8, 4) is 11.8 Å². The first-order chi connectivity index (χ1) is 9.70. The van der Waals surface area contributed by atoms with E-state index in [2.05, 4.69) is 31.1 Å². The molecule has 2 atom stereocenters. The van der Waals surface area contributed by atoms with Crippen LogP contribution in [0.4, 0.5) is 0 Å². The highest BCUT2D eigenvalue weighted by Gasteiger charge is 2.01. The Morgan fingerprint density at radius 1 is 1.00 bits per heavy atom. The van der Waals surface area contributed by atoms with Gasteiger partial charge in [-0.25, -0.2) is 0 Å². The van der Waals surface area contributed by atoms with Crippen LogP contribution >= 0.6 is 0 Å². The predicted molar refractivity (Wildman–Crippen MR) is 85.3 cm³/mol. The molecule has 2 N–H and O–H groups in total. The first kappa shape index (κ1) is 19.0. The molecular weight excluding hydrogens is 248 g/mol. The summed E-state index contributed by atoms with van der Waals surface area (Å²) in [6.07, 6.45) is 11.6. The van der Waals surface area contributed by atoms with Gasteiger partial charge in [0.15, 0.2) is 0 Å². The van der Waals surface area contributed by atoms with Crippen molar-refractivity contribution in [1.29, 1.82) is 0 Å². The molecule has 0 heterocycles. The zero-order valence-electron chi connectivity index (χ0n) is 12.9. The van der Waals surface area contributed by atoms with Crippen LogP contribution in [0, 0.1) is 11.8 Å². The molecule has 0 aliphatic heterocycles. The molecular formula is C18H30O2. The molecule has 0 radical (unpaired) electrons. The second-order valence-electron chi connectivity index (χ2n) is 5.26. The van der Waals surface area contributed by atoms with Gasteiger partial charge in [-0.05, 0) is 12.5 Å². The van der Waals surface area contributed by atoms with Gasteiger partial charge in [0, 0.05) is 6.42 Å². The quantitative estimate of drug-likeness (QED) is 0.341. The maximum absolute atomic E-state index is 9.74. The van der Waals surface area contributed by atoms with Crippen molar-refractivity contribution < 1.29 is 10.2 Å². The van der Waals surface area contributed by atoms with Crippen LogP contribution in [0.2, 0.25) is 0 Å². The molecule has 2 heteroatoms. The molecule has 2 unspecified atom stereocenters. The number of rotatable bonds is 11.